The van der Waals surface area contributed by atoms with Crippen LogP contribution in [0.15, 0.2) is 42.6 Å². The molecule has 0 aliphatic carbocycles. The molecule has 1 aliphatic heterocycles. The molecule has 0 spiro atoms. The van der Waals surface area contributed by atoms with Gasteiger partial charge in [-0.2, -0.15) is 0 Å². The maximum Gasteiger partial charge on any atom is 0.252 e. The van der Waals surface area contributed by atoms with Gasteiger partial charge in [-0.15, -0.1) is 0 Å². The lowest BCUT2D eigenvalue weighted by Crippen LogP contribution is -2.50. The van der Waals surface area contributed by atoms with Crippen LogP contribution in [0, 0.1) is 0 Å². The van der Waals surface area contributed by atoms with Crippen molar-refractivity contribution in [3.8, 4) is 5.75 Å². The summed E-state index contributed by atoms with van der Waals surface area (Å²) in [5.41, 5.74) is 1.85. The van der Waals surface area contributed by atoms with Crippen LogP contribution in [0.1, 0.15) is 29.3 Å². The summed E-state index contributed by atoms with van der Waals surface area (Å²) in [4.78, 5) is 21.5. The maximum absolute atomic E-state index is 12.3. The van der Waals surface area contributed by atoms with Gasteiger partial charge in [-0.25, -0.2) is 4.98 Å². The Morgan fingerprint density at radius 1 is 1.21 bits per heavy atom. The Hall–Kier alpha value is -2.60. The zero-order valence-corrected chi connectivity index (χ0v) is 17.0. The number of rotatable bonds is 7. The van der Waals surface area contributed by atoms with Gasteiger partial charge in [-0.1, -0.05) is 12.1 Å². The lowest BCUT2D eigenvalue weighted by atomic mass is 10.1. The zero-order chi connectivity index (χ0) is 19.9. The standard InChI is InChI=1S/C22H30N4O2/c1-17-16-26(14-13-25(17)2)21-11-8-19(15-24-21)22(27)23-12-4-5-18-6-9-20(28-3)10-7-18/h6-11,15,17H,4-5,12-14,16H2,1-3H3,(H,23,27). The lowest BCUT2D eigenvalue weighted by molar-refractivity contribution is 0.0953. The second kappa shape index (κ2) is 9.55. The summed E-state index contributed by atoms with van der Waals surface area (Å²) >= 11 is 0. The number of carbonyl (C=O) groups excluding carboxylic acids is 1. The Labute approximate surface area is 167 Å². The van der Waals surface area contributed by atoms with Crippen LogP contribution in [-0.4, -0.2) is 62.2 Å². The van der Waals surface area contributed by atoms with Crippen LogP contribution in [0.3, 0.4) is 0 Å². The third-order valence-electron chi connectivity index (χ3n) is 5.38. The minimum absolute atomic E-state index is 0.0690. The van der Waals surface area contributed by atoms with E-state index in [1.54, 1.807) is 13.3 Å². The third kappa shape index (κ3) is 5.23. The van der Waals surface area contributed by atoms with E-state index in [-0.39, 0.29) is 5.91 Å². The molecule has 6 nitrogen and oxygen atoms in total. The van der Waals surface area contributed by atoms with Gasteiger partial charge in [-0.3, -0.25) is 4.79 Å². The SMILES string of the molecule is COc1ccc(CCCNC(=O)c2ccc(N3CCN(C)C(C)C3)nc2)cc1. The number of carbonyl (C=O) groups is 1. The number of methoxy groups -OCH3 is 1. The van der Waals surface area contributed by atoms with Crippen LogP contribution in [0.4, 0.5) is 5.82 Å². The van der Waals surface area contributed by atoms with E-state index in [1.807, 2.05) is 24.3 Å². The molecule has 150 valence electrons. The van der Waals surface area contributed by atoms with Gasteiger partial charge in [0.05, 0.1) is 12.7 Å². The van der Waals surface area contributed by atoms with Crippen molar-refractivity contribution in [3.05, 3.63) is 53.7 Å². The third-order valence-corrected chi connectivity index (χ3v) is 5.38. The van der Waals surface area contributed by atoms with Crippen molar-refractivity contribution >= 4 is 11.7 Å². The summed E-state index contributed by atoms with van der Waals surface area (Å²) in [7, 11) is 3.81. The maximum atomic E-state index is 12.3. The summed E-state index contributed by atoms with van der Waals surface area (Å²) in [6.45, 7) is 5.81. The molecule has 28 heavy (non-hydrogen) atoms. The van der Waals surface area contributed by atoms with E-state index in [9.17, 15) is 4.79 Å². The topological polar surface area (TPSA) is 57.7 Å². The number of pyridine rings is 1. The molecule has 1 unspecified atom stereocenters. The Morgan fingerprint density at radius 2 is 2.00 bits per heavy atom. The van der Waals surface area contributed by atoms with E-state index in [0.717, 1.165) is 44.0 Å². The van der Waals surface area contributed by atoms with Gasteiger partial charge >= 0.3 is 0 Å². The van der Waals surface area contributed by atoms with Gasteiger partial charge in [0.25, 0.3) is 5.91 Å². The van der Waals surface area contributed by atoms with Gasteiger partial charge in [0.15, 0.2) is 0 Å². The molecule has 0 radical (unpaired) electrons. The summed E-state index contributed by atoms with van der Waals surface area (Å²) in [6, 6.07) is 12.4. The first-order valence-corrected chi connectivity index (χ1v) is 9.89. The number of benzene rings is 1. The summed E-state index contributed by atoms with van der Waals surface area (Å²) in [5.74, 6) is 1.73. The first-order chi connectivity index (χ1) is 13.6. The summed E-state index contributed by atoms with van der Waals surface area (Å²) in [5, 5.41) is 2.98. The molecule has 2 heterocycles. The number of nitrogens with zero attached hydrogens (tertiary/aromatic N) is 3. The summed E-state index contributed by atoms with van der Waals surface area (Å²) in [6.07, 6.45) is 3.49. The second-order valence-electron chi connectivity index (χ2n) is 7.39. The molecular formula is C22H30N4O2. The minimum Gasteiger partial charge on any atom is -0.497 e. The molecular weight excluding hydrogens is 352 g/mol. The van der Waals surface area contributed by atoms with Crippen molar-refractivity contribution in [2.75, 3.05) is 45.2 Å². The number of anilines is 1. The first-order valence-electron chi connectivity index (χ1n) is 9.89. The number of hydrogen-bond donors (Lipinski definition) is 1. The van der Waals surface area contributed by atoms with Crippen LogP contribution in [0.5, 0.6) is 5.75 Å². The molecule has 1 fully saturated rings. The van der Waals surface area contributed by atoms with E-state index < -0.39 is 0 Å². The van der Waals surface area contributed by atoms with Crippen molar-refractivity contribution < 1.29 is 9.53 Å². The Bertz CT molecular complexity index is 761. The smallest absolute Gasteiger partial charge is 0.252 e. The van der Waals surface area contributed by atoms with Crippen molar-refractivity contribution in [2.24, 2.45) is 0 Å². The number of amides is 1. The van der Waals surface area contributed by atoms with Gasteiger partial charge in [-0.05, 0) is 56.6 Å². The number of aromatic nitrogens is 1. The van der Waals surface area contributed by atoms with E-state index in [1.165, 1.54) is 5.56 Å². The largest absolute Gasteiger partial charge is 0.497 e. The minimum atomic E-state index is -0.0690. The molecule has 1 aromatic carbocycles. The van der Waals surface area contributed by atoms with E-state index >= 15 is 0 Å². The molecule has 2 aromatic rings. The van der Waals surface area contributed by atoms with Crippen LogP contribution in [0.2, 0.25) is 0 Å². The van der Waals surface area contributed by atoms with Gasteiger partial charge in [0.1, 0.15) is 11.6 Å². The van der Waals surface area contributed by atoms with Crippen molar-refractivity contribution in [3.63, 3.8) is 0 Å². The molecule has 1 aliphatic rings. The van der Waals surface area contributed by atoms with Gasteiger partial charge < -0.3 is 19.9 Å². The number of likely N-dealkylation sites (N-methyl/N-ethyl adjacent to an activating group) is 1. The monoisotopic (exact) mass is 382 g/mol. The predicted octanol–water partition coefficient (Wildman–Crippen LogP) is 2.59. The second-order valence-corrected chi connectivity index (χ2v) is 7.39. The highest BCUT2D eigenvalue weighted by Gasteiger charge is 2.21. The normalized spacial score (nSPS) is 17.4. The number of aryl methyl sites for hydroxylation is 1. The van der Waals surface area contributed by atoms with Crippen LogP contribution in [-0.2, 0) is 6.42 Å². The molecule has 3 rings (SSSR count). The fraction of sp³-hybridized carbons (Fsp3) is 0.455. The molecule has 1 amide bonds. The number of hydrogen-bond acceptors (Lipinski definition) is 5. The first kappa shape index (κ1) is 20.1. The molecule has 1 atom stereocenters. The fourth-order valence-corrected chi connectivity index (χ4v) is 3.35. The Kier molecular flexibility index (Phi) is 6.87. The Morgan fingerprint density at radius 3 is 2.64 bits per heavy atom. The molecule has 1 aromatic heterocycles. The highest BCUT2D eigenvalue weighted by atomic mass is 16.5. The summed E-state index contributed by atoms with van der Waals surface area (Å²) < 4.78 is 5.16. The fourth-order valence-electron chi connectivity index (χ4n) is 3.35. The average molecular weight is 383 g/mol. The number of piperazine rings is 1. The average Bonchev–Trinajstić information content (AvgIpc) is 2.73. The number of nitrogens with one attached hydrogen (secondary N) is 1. The van der Waals surface area contributed by atoms with Gasteiger partial charge in [0.2, 0.25) is 0 Å². The zero-order valence-electron chi connectivity index (χ0n) is 17.0. The van der Waals surface area contributed by atoms with Gasteiger partial charge in [0, 0.05) is 38.4 Å². The van der Waals surface area contributed by atoms with Crippen LogP contribution < -0.4 is 15.0 Å². The van der Waals surface area contributed by atoms with Crippen molar-refractivity contribution in [2.45, 2.75) is 25.8 Å². The number of ether oxygens (including phenoxy) is 1. The highest BCUT2D eigenvalue weighted by molar-refractivity contribution is 5.94. The Balaban J connectivity index is 1.44. The lowest BCUT2D eigenvalue weighted by Gasteiger charge is -2.38. The quantitative estimate of drug-likeness (QED) is 0.746. The van der Waals surface area contributed by atoms with Crippen LogP contribution in [0.25, 0.3) is 0 Å². The molecule has 0 bridgehead atoms. The van der Waals surface area contributed by atoms with E-state index in [2.05, 4.69) is 46.2 Å². The highest BCUT2D eigenvalue weighted by Crippen LogP contribution is 2.16. The van der Waals surface area contributed by atoms with Crippen LogP contribution >= 0.6 is 0 Å². The molecule has 1 saturated heterocycles. The molecule has 6 heteroatoms. The van der Waals surface area contributed by atoms with Crippen molar-refractivity contribution in [1.82, 2.24) is 15.2 Å². The molecule has 0 saturated carbocycles. The van der Waals surface area contributed by atoms with E-state index in [4.69, 9.17) is 4.74 Å². The predicted molar refractivity (Wildman–Crippen MR) is 112 cm³/mol. The van der Waals surface area contributed by atoms with Crippen molar-refractivity contribution in [1.29, 1.82) is 0 Å². The van der Waals surface area contributed by atoms with E-state index in [0.29, 0.717) is 18.2 Å². The molecule has 1 N–H and O–H groups in total.